The van der Waals surface area contributed by atoms with E-state index in [1.165, 1.54) is 6.08 Å². The fourth-order valence-corrected chi connectivity index (χ4v) is 1.42. The first kappa shape index (κ1) is 13.3. The summed E-state index contributed by atoms with van der Waals surface area (Å²) in [6, 6.07) is 5.19. The van der Waals surface area contributed by atoms with Crippen molar-refractivity contribution in [2.45, 2.75) is 6.92 Å². The Morgan fingerprint density at radius 1 is 1.53 bits per heavy atom. The van der Waals surface area contributed by atoms with Crippen LogP contribution in [0.15, 0.2) is 36.4 Å². The van der Waals surface area contributed by atoms with Gasteiger partial charge in [0.15, 0.2) is 0 Å². The lowest BCUT2D eigenvalue weighted by Crippen LogP contribution is -1.96. The molecule has 0 fully saturated rings. The van der Waals surface area contributed by atoms with Gasteiger partial charge in [-0.2, -0.15) is 0 Å². The molecule has 0 saturated heterocycles. The summed E-state index contributed by atoms with van der Waals surface area (Å²) in [4.78, 5) is 10.5. The van der Waals surface area contributed by atoms with E-state index in [0.29, 0.717) is 22.9 Å². The number of allylic oxidation sites excluding steroid dienone is 1. The van der Waals surface area contributed by atoms with E-state index < -0.39 is 5.97 Å². The number of carboxylic acids is 1. The summed E-state index contributed by atoms with van der Waals surface area (Å²) in [7, 11) is 0. The SMILES string of the molecule is C/C=C/COc1cccc(Cl)c1/C=C/C(=O)O. The molecule has 0 saturated carbocycles. The van der Waals surface area contributed by atoms with E-state index in [2.05, 4.69) is 0 Å². The minimum absolute atomic E-state index is 0.421. The van der Waals surface area contributed by atoms with Gasteiger partial charge in [0, 0.05) is 11.6 Å². The molecule has 17 heavy (non-hydrogen) atoms. The van der Waals surface area contributed by atoms with E-state index in [-0.39, 0.29) is 0 Å². The normalized spacial score (nSPS) is 11.2. The highest BCUT2D eigenvalue weighted by Crippen LogP contribution is 2.27. The monoisotopic (exact) mass is 252 g/mol. The number of carbonyl (C=O) groups is 1. The van der Waals surface area contributed by atoms with E-state index in [9.17, 15) is 4.79 Å². The Morgan fingerprint density at radius 2 is 2.29 bits per heavy atom. The summed E-state index contributed by atoms with van der Waals surface area (Å²) in [6.45, 7) is 2.32. The summed E-state index contributed by atoms with van der Waals surface area (Å²) < 4.78 is 5.48. The molecule has 0 aliphatic carbocycles. The summed E-state index contributed by atoms with van der Waals surface area (Å²) in [5, 5.41) is 9.05. The maximum atomic E-state index is 10.5. The fourth-order valence-electron chi connectivity index (χ4n) is 1.19. The van der Waals surface area contributed by atoms with Crippen LogP contribution in [0.1, 0.15) is 12.5 Å². The van der Waals surface area contributed by atoms with Crippen molar-refractivity contribution in [1.29, 1.82) is 0 Å². The molecule has 0 heterocycles. The van der Waals surface area contributed by atoms with E-state index in [1.807, 2.05) is 19.1 Å². The van der Waals surface area contributed by atoms with Crippen LogP contribution in [0.5, 0.6) is 5.75 Å². The van der Waals surface area contributed by atoms with Crippen molar-refractivity contribution in [2.75, 3.05) is 6.61 Å². The minimum atomic E-state index is -1.02. The summed E-state index contributed by atoms with van der Waals surface area (Å²) >= 11 is 5.98. The van der Waals surface area contributed by atoms with Crippen molar-refractivity contribution in [3.63, 3.8) is 0 Å². The van der Waals surface area contributed by atoms with Crippen molar-refractivity contribution in [2.24, 2.45) is 0 Å². The second kappa shape index (κ2) is 6.76. The third-order valence-corrected chi connectivity index (χ3v) is 2.31. The molecule has 0 aliphatic rings. The predicted molar refractivity (Wildman–Crippen MR) is 68.4 cm³/mol. The van der Waals surface area contributed by atoms with Gasteiger partial charge >= 0.3 is 5.97 Å². The zero-order valence-corrected chi connectivity index (χ0v) is 10.1. The van der Waals surface area contributed by atoms with Gasteiger partial charge in [0.1, 0.15) is 12.4 Å². The van der Waals surface area contributed by atoms with E-state index in [1.54, 1.807) is 18.2 Å². The molecule has 0 atom stereocenters. The standard InChI is InChI=1S/C13H13ClO3/c1-2-3-9-17-12-6-4-5-11(14)10(12)7-8-13(15)16/h2-8H,9H2,1H3,(H,15,16)/b3-2+,8-7+. The van der Waals surface area contributed by atoms with Crippen molar-refractivity contribution < 1.29 is 14.6 Å². The van der Waals surface area contributed by atoms with Crippen molar-refractivity contribution >= 4 is 23.6 Å². The lowest BCUT2D eigenvalue weighted by Gasteiger charge is -2.08. The molecule has 3 nitrogen and oxygen atoms in total. The van der Waals surface area contributed by atoms with Crippen LogP contribution in [-0.2, 0) is 4.79 Å². The van der Waals surface area contributed by atoms with Crippen molar-refractivity contribution in [3.05, 3.63) is 47.0 Å². The van der Waals surface area contributed by atoms with Gasteiger partial charge < -0.3 is 9.84 Å². The maximum Gasteiger partial charge on any atom is 0.328 e. The lowest BCUT2D eigenvalue weighted by molar-refractivity contribution is -0.131. The zero-order chi connectivity index (χ0) is 12.7. The van der Waals surface area contributed by atoms with Crippen LogP contribution in [0.2, 0.25) is 5.02 Å². The molecule has 1 aromatic carbocycles. The second-order valence-electron chi connectivity index (χ2n) is 3.20. The molecule has 1 aromatic rings. The number of hydrogen-bond donors (Lipinski definition) is 1. The summed E-state index contributed by atoms with van der Waals surface area (Å²) in [5.74, 6) is -0.461. The Kier molecular flexibility index (Phi) is 5.30. The van der Waals surface area contributed by atoms with E-state index in [4.69, 9.17) is 21.4 Å². The zero-order valence-electron chi connectivity index (χ0n) is 9.39. The first-order valence-electron chi connectivity index (χ1n) is 5.08. The molecule has 0 aromatic heterocycles. The Bertz CT molecular complexity index is 450. The number of aliphatic carboxylic acids is 1. The Labute approximate surface area is 105 Å². The third kappa shape index (κ3) is 4.33. The maximum absolute atomic E-state index is 10.5. The van der Waals surface area contributed by atoms with Gasteiger partial charge in [-0.15, -0.1) is 0 Å². The molecular weight excluding hydrogens is 240 g/mol. The molecule has 0 amide bonds. The average Bonchev–Trinajstić information content (AvgIpc) is 2.28. The highest BCUT2D eigenvalue weighted by Gasteiger charge is 2.05. The smallest absolute Gasteiger partial charge is 0.328 e. The topological polar surface area (TPSA) is 46.5 Å². The predicted octanol–water partition coefficient (Wildman–Crippen LogP) is 3.39. The summed E-state index contributed by atoms with van der Waals surface area (Å²) in [6.07, 6.45) is 6.18. The van der Waals surface area contributed by atoms with Crippen LogP contribution in [0.4, 0.5) is 0 Å². The van der Waals surface area contributed by atoms with Crippen LogP contribution < -0.4 is 4.74 Å². The van der Waals surface area contributed by atoms with Crippen molar-refractivity contribution in [1.82, 2.24) is 0 Å². The van der Waals surface area contributed by atoms with Crippen LogP contribution >= 0.6 is 11.6 Å². The third-order valence-electron chi connectivity index (χ3n) is 1.98. The number of carboxylic acid groups (broad SMARTS) is 1. The van der Waals surface area contributed by atoms with Gasteiger partial charge in [0.25, 0.3) is 0 Å². The Hall–Kier alpha value is -1.74. The van der Waals surface area contributed by atoms with Crippen molar-refractivity contribution in [3.8, 4) is 5.75 Å². The Morgan fingerprint density at radius 3 is 2.94 bits per heavy atom. The molecule has 0 spiro atoms. The van der Waals surface area contributed by atoms with Gasteiger partial charge in [-0.05, 0) is 25.1 Å². The molecule has 0 bridgehead atoms. The average molecular weight is 253 g/mol. The first-order chi connectivity index (χ1) is 8.15. The van der Waals surface area contributed by atoms with E-state index in [0.717, 1.165) is 6.08 Å². The number of benzene rings is 1. The molecular formula is C13H13ClO3. The van der Waals surface area contributed by atoms with Gasteiger partial charge in [0.2, 0.25) is 0 Å². The number of hydrogen-bond acceptors (Lipinski definition) is 2. The van der Waals surface area contributed by atoms with Crippen LogP contribution in [-0.4, -0.2) is 17.7 Å². The summed E-state index contributed by atoms with van der Waals surface area (Å²) in [5.41, 5.74) is 0.570. The second-order valence-corrected chi connectivity index (χ2v) is 3.61. The highest BCUT2D eigenvalue weighted by atomic mass is 35.5. The van der Waals surface area contributed by atoms with Crippen LogP contribution in [0.25, 0.3) is 6.08 Å². The molecule has 1 rings (SSSR count). The van der Waals surface area contributed by atoms with Crippen LogP contribution in [0, 0.1) is 0 Å². The fraction of sp³-hybridized carbons (Fsp3) is 0.154. The van der Waals surface area contributed by atoms with Gasteiger partial charge in [-0.3, -0.25) is 0 Å². The minimum Gasteiger partial charge on any atom is -0.489 e. The molecule has 90 valence electrons. The molecule has 0 aliphatic heterocycles. The first-order valence-corrected chi connectivity index (χ1v) is 5.46. The molecule has 4 heteroatoms. The number of ether oxygens (including phenoxy) is 1. The quantitative estimate of drug-likeness (QED) is 0.645. The largest absolute Gasteiger partial charge is 0.489 e. The molecule has 0 unspecified atom stereocenters. The number of halogens is 1. The highest BCUT2D eigenvalue weighted by molar-refractivity contribution is 6.32. The molecule has 0 radical (unpaired) electrons. The number of rotatable bonds is 5. The van der Waals surface area contributed by atoms with Crippen LogP contribution in [0.3, 0.4) is 0 Å². The van der Waals surface area contributed by atoms with E-state index >= 15 is 0 Å². The van der Waals surface area contributed by atoms with Gasteiger partial charge in [-0.1, -0.05) is 29.8 Å². The Balaban J connectivity index is 2.95. The lowest BCUT2D eigenvalue weighted by atomic mass is 10.2. The van der Waals surface area contributed by atoms with Gasteiger partial charge in [0.05, 0.1) is 5.02 Å². The molecule has 1 N–H and O–H groups in total. The van der Waals surface area contributed by atoms with Gasteiger partial charge in [-0.25, -0.2) is 4.79 Å².